The van der Waals surface area contributed by atoms with Crippen molar-refractivity contribution < 1.29 is 22.4 Å². The molecule has 0 aliphatic carbocycles. The van der Waals surface area contributed by atoms with Crippen molar-refractivity contribution in [3.8, 4) is 11.5 Å². The Morgan fingerprint density at radius 1 is 0.848 bits per heavy atom. The zero-order chi connectivity index (χ0) is 24.3. The number of aryl methyl sites for hydroxylation is 2. The number of likely N-dealkylation sites (tertiary alicyclic amines) is 1. The van der Waals surface area contributed by atoms with Crippen LogP contribution < -0.4 is 9.47 Å². The smallest absolute Gasteiger partial charge is 0.264 e. The average molecular weight is 478 g/mol. The van der Waals surface area contributed by atoms with Gasteiger partial charge in [-0.2, -0.15) is 8.42 Å². The van der Waals surface area contributed by atoms with E-state index in [2.05, 4.69) is 60.5 Å². The number of benzene rings is 2. The first-order valence-corrected chi connectivity index (χ1v) is 13.3. The molecule has 1 saturated heterocycles. The Balaban J connectivity index is 0.000000569. The van der Waals surface area contributed by atoms with Crippen molar-refractivity contribution in [1.82, 2.24) is 4.90 Å². The van der Waals surface area contributed by atoms with E-state index in [0.717, 1.165) is 24.3 Å². The summed E-state index contributed by atoms with van der Waals surface area (Å²) in [7, 11) is 2.11. The maximum absolute atomic E-state index is 9.56. The predicted molar refractivity (Wildman–Crippen MR) is 134 cm³/mol. The van der Waals surface area contributed by atoms with Crippen LogP contribution in [0.4, 0.5) is 0 Å². The van der Waals surface area contributed by atoms with E-state index in [1.807, 2.05) is 0 Å². The van der Waals surface area contributed by atoms with Crippen molar-refractivity contribution in [2.45, 2.75) is 64.0 Å². The van der Waals surface area contributed by atoms with Crippen LogP contribution in [0.15, 0.2) is 48.5 Å². The fourth-order valence-electron chi connectivity index (χ4n) is 4.24. The van der Waals surface area contributed by atoms with Crippen molar-refractivity contribution >= 4 is 10.1 Å². The molecule has 7 heteroatoms. The Bertz CT molecular complexity index is 853. The molecule has 2 aromatic carbocycles. The fourth-order valence-corrected chi connectivity index (χ4v) is 4.24. The number of hydrogen-bond acceptors (Lipinski definition) is 5. The summed E-state index contributed by atoms with van der Waals surface area (Å²) in [6.07, 6.45) is 8.76. The predicted octanol–water partition coefficient (Wildman–Crippen LogP) is 5.02. The molecule has 6 nitrogen and oxygen atoms in total. The Morgan fingerprint density at radius 2 is 1.21 bits per heavy atom. The molecule has 2 aromatic rings. The van der Waals surface area contributed by atoms with Gasteiger partial charge < -0.3 is 14.4 Å². The molecule has 1 aliphatic rings. The van der Waals surface area contributed by atoms with E-state index in [1.165, 1.54) is 50.2 Å². The maximum atomic E-state index is 9.56. The molecule has 184 valence electrons. The number of nitrogens with zero attached hydrogens (tertiary/aromatic N) is 1. The summed E-state index contributed by atoms with van der Waals surface area (Å²) in [6, 6.07) is 18.4. The molecule has 3 rings (SSSR count). The lowest BCUT2D eigenvalue weighted by atomic mass is 9.89. The number of ether oxygens (including phenoxy) is 2. The quantitative estimate of drug-likeness (QED) is 0.511. The molecule has 0 saturated carbocycles. The molecule has 0 aromatic heterocycles. The molecule has 33 heavy (non-hydrogen) atoms. The highest BCUT2D eigenvalue weighted by Gasteiger charge is 2.26. The van der Waals surface area contributed by atoms with Crippen LogP contribution >= 0.6 is 0 Å². The fraction of sp³-hybridized carbons (Fsp3) is 0.538. The van der Waals surface area contributed by atoms with Gasteiger partial charge in [-0.25, -0.2) is 0 Å². The SMILES string of the molecule is CCS(=O)(=O)O.COc1ccc(CCC2CCCC(CCc3ccc(OC)cc3)N2C)cc1. The van der Waals surface area contributed by atoms with Crippen LogP contribution in [0.3, 0.4) is 0 Å². The largest absolute Gasteiger partial charge is 0.497 e. The second-order valence-corrected chi connectivity index (χ2v) is 10.3. The molecule has 1 N–H and O–H groups in total. The van der Waals surface area contributed by atoms with Crippen LogP contribution in [-0.4, -0.2) is 57.0 Å². The monoisotopic (exact) mass is 477 g/mol. The topological polar surface area (TPSA) is 76.1 Å². The summed E-state index contributed by atoms with van der Waals surface area (Å²) in [5.41, 5.74) is 2.81. The molecule has 0 bridgehead atoms. The molecule has 1 fully saturated rings. The first kappa shape index (κ1) is 27.2. The normalized spacial score (nSPS) is 18.8. The van der Waals surface area contributed by atoms with Crippen molar-refractivity contribution in [3.63, 3.8) is 0 Å². The highest BCUT2D eigenvalue weighted by molar-refractivity contribution is 7.85. The minimum absolute atomic E-state index is 0.201. The van der Waals surface area contributed by atoms with E-state index in [4.69, 9.17) is 14.0 Å². The van der Waals surface area contributed by atoms with E-state index >= 15 is 0 Å². The molecule has 0 amide bonds. The van der Waals surface area contributed by atoms with E-state index in [0.29, 0.717) is 12.1 Å². The third-order valence-corrected chi connectivity index (χ3v) is 7.17. The first-order valence-electron chi connectivity index (χ1n) is 11.7. The van der Waals surface area contributed by atoms with Crippen LogP contribution in [0.5, 0.6) is 11.5 Å². The van der Waals surface area contributed by atoms with Gasteiger partial charge in [-0.15, -0.1) is 0 Å². The number of hydrogen-bond donors (Lipinski definition) is 1. The van der Waals surface area contributed by atoms with Crippen LogP contribution in [0.1, 0.15) is 50.2 Å². The van der Waals surface area contributed by atoms with Gasteiger partial charge in [-0.1, -0.05) is 30.7 Å². The van der Waals surface area contributed by atoms with Gasteiger partial charge in [-0.3, -0.25) is 4.55 Å². The zero-order valence-corrected chi connectivity index (χ0v) is 21.2. The van der Waals surface area contributed by atoms with Gasteiger partial charge in [0.15, 0.2) is 0 Å². The molecular formula is C26H39NO5S. The average Bonchev–Trinajstić information content (AvgIpc) is 2.83. The summed E-state index contributed by atoms with van der Waals surface area (Å²) in [4.78, 5) is 2.65. The lowest BCUT2D eigenvalue weighted by molar-refractivity contribution is 0.103. The summed E-state index contributed by atoms with van der Waals surface area (Å²) in [6.45, 7) is 1.37. The van der Waals surface area contributed by atoms with Gasteiger partial charge in [-0.05, 0) is 87.9 Å². The van der Waals surface area contributed by atoms with Crippen LogP contribution in [0, 0.1) is 0 Å². The van der Waals surface area contributed by atoms with Crippen molar-refractivity contribution in [1.29, 1.82) is 0 Å². The van der Waals surface area contributed by atoms with Gasteiger partial charge in [0.1, 0.15) is 11.5 Å². The Hall–Kier alpha value is -2.09. The lowest BCUT2D eigenvalue weighted by Crippen LogP contribution is -2.44. The van der Waals surface area contributed by atoms with Gasteiger partial charge in [0.2, 0.25) is 0 Å². The second kappa shape index (κ2) is 13.6. The second-order valence-electron chi connectivity index (χ2n) is 8.55. The Labute approximate surface area is 199 Å². The van der Waals surface area contributed by atoms with Crippen molar-refractivity contribution in [2.75, 3.05) is 27.0 Å². The van der Waals surface area contributed by atoms with E-state index < -0.39 is 10.1 Å². The summed E-state index contributed by atoms with van der Waals surface area (Å²) in [5.74, 6) is 1.67. The molecule has 2 atom stereocenters. The Kier molecular flexibility index (Phi) is 11.2. The summed E-state index contributed by atoms with van der Waals surface area (Å²) < 4.78 is 37.4. The number of piperidine rings is 1. The lowest BCUT2D eigenvalue weighted by Gasteiger charge is -2.40. The third-order valence-electron chi connectivity index (χ3n) is 6.44. The van der Waals surface area contributed by atoms with Crippen molar-refractivity contribution in [3.05, 3.63) is 59.7 Å². The van der Waals surface area contributed by atoms with E-state index in [1.54, 1.807) is 14.2 Å². The van der Waals surface area contributed by atoms with Crippen LogP contribution in [0.2, 0.25) is 0 Å². The number of rotatable bonds is 9. The molecule has 2 unspecified atom stereocenters. The standard InChI is InChI=1S/C24H33NO2.C2H6O3S/c1-25-21(13-7-19-9-15-23(26-2)16-10-19)5-4-6-22(25)14-8-20-11-17-24(27-3)18-12-20;1-2-6(3,4)5/h9-12,15-18,21-22H,4-8,13-14H2,1-3H3;2H2,1H3,(H,3,4,5). The molecule has 1 heterocycles. The van der Waals surface area contributed by atoms with Gasteiger partial charge >= 0.3 is 0 Å². The number of methoxy groups -OCH3 is 2. The molecule has 1 aliphatic heterocycles. The molecular weight excluding hydrogens is 438 g/mol. The highest BCUT2D eigenvalue weighted by atomic mass is 32.2. The molecule has 0 radical (unpaired) electrons. The van der Waals surface area contributed by atoms with Gasteiger partial charge in [0, 0.05) is 12.1 Å². The van der Waals surface area contributed by atoms with Crippen molar-refractivity contribution in [2.24, 2.45) is 0 Å². The van der Waals surface area contributed by atoms with E-state index in [9.17, 15) is 8.42 Å². The van der Waals surface area contributed by atoms with Gasteiger partial charge in [0.05, 0.1) is 20.0 Å². The van der Waals surface area contributed by atoms with E-state index in [-0.39, 0.29) is 5.75 Å². The first-order chi connectivity index (χ1) is 15.8. The maximum Gasteiger partial charge on any atom is 0.264 e. The van der Waals surface area contributed by atoms with Gasteiger partial charge in [0.25, 0.3) is 10.1 Å². The van der Waals surface area contributed by atoms with Crippen LogP contribution in [0.25, 0.3) is 0 Å². The van der Waals surface area contributed by atoms with Crippen LogP contribution in [-0.2, 0) is 23.0 Å². The Morgan fingerprint density at radius 3 is 1.52 bits per heavy atom. The summed E-state index contributed by atoms with van der Waals surface area (Å²) in [5, 5.41) is 0. The highest BCUT2D eigenvalue weighted by Crippen LogP contribution is 2.28. The minimum atomic E-state index is -3.66. The zero-order valence-electron chi connectivity index (χ0n) is 20.4. The molecule has 0 spiro atoms. The minimum Gasteiger partial charge on any atom is -0.497 e. The summed E-state index contributed by atoms with van der Waals surface area (Å²) >= 11 is 0. The third kappa shape index (κ3) is 9.74.